The molecule has 18 heavy (non-hydrogen) atoms. The molecule has 8 N–H and O–H groups in total. The fraction of sp³-hybridized carbons (Fsp3) is 0.200. The highest BCUT2D eigenvalue weighted by Crippen LogP contribution is 2.18. The minimum Gasteiger partial charge on any atom is -0.423 e. The van der Waals surface area contributed by atoms with E-state index in [9.17, 15) is 4.79 Å². The fourth-order valence-electron chi connectivity index (χ4n) is 1.62. The summed E-state index contributed by atoms with van der Waals surface area (Å²) in [5.41, 5.74) is 11.6. The second-order valence-corrected chi connectivity index (χ2v) is 3.82. The van der Waals surface area contributed by atoms with E-state index in [0.717, 1.165) is 0 Å². The van der Waals surface area contributed by atoms with E-state index < -0.39 is 18.9 Å². The van der Waals surface area contributed by atoms with Crippen molar-refractivity contribution in [3.05, 3.63) is 29.8 Å². The van der Waals surface area contributed by atoms with E-state index >= 15 is 0 Å². The fourth-order valence-corrected chi connectivity index (χ4v) is 1.62. The monoisotopic (exact) mass is 250 g/mol. The first-order chi connectivity index (χ1) is 8.45. The Bertz CT molecular complexity index is 464. The maximum Gasteiger partial charge on any atom is 0.488 e. The zero-order valence-corrected chi connectivity index (χ0v) is 9.65. The first-order valence-corrected chi connectivity index (χ1v) is 5.23. The van der Waals surface area contributed by atoms with Gasteiger partial charge in [-0.2, -0.15) is 5.10 Å². The first-order valence-electron chi connectivity index (χ1n) is 5.23. The molecule has 7 nitrogen and oxygen atoms in total. The number of hydrazone groups is 1. The predicted octanol–water partition coefficient (Wildman–Crippen LogP) is -2.44. The third kappa shape index (κ3) is 3.47. The smallest absolute Gasteiger partial charge is 0.423 e. The van der Waals surface area contributed by atoms with Crippen molar-refractivity contribution in [1.82, 2.24) is 0 Å². The van der Waals surface area contributed by atoms with E-state index in [0.29, 0.717) is 5.56 Å². The second-order valence-electron chi connectivity index (χ2n) is 3.82. The summed E-state index contributed by atoms with van der Waals surface area (Å²) in [4.78, 5) is 11.0. The van der Waals surface area contributed by atoms with E-state index in [-0.39, 0.29) is 17.7 Å². The number of hydrogen-bond acceptors (Lipinski definition) is 5. The van der Waals surface area contributed by atoms with Gasteiger partial charge in [-0.3, -0.25) is 4.79 Å². The summed E-state index contributed by atoms with van der Waals surface area (Å²) in [6.07, 6.45) is -0.0580. The molecule has 0 aliphatic heterocycles. The van der Waals surface area contributed by atoms with E-state index in [1.54, 1.807) is 12.1 Å². The van der Waals surface area contributed by atoms with Gasteiger partial charge < -0.3 is 27.4 Å². The van der Waals surface area contributed by atoms with Crippen LogP contribution in [0.2, 0.25) is 0 Å². The van der Waals surface area contributed by atoms with Crippen LogP contribution in [0.4, 0.5) is 0 Å². The highest BCUT2D eigenvalue weighted by atomic mass is 16.4. The summed E-state index contributed by atoms with van der Waals surface area (Å²) in [6.45, 7) is 0. The number of primary amides is 1. The molecule has 1 aromatic carbocycles. The summed E-state index contributed by atoms with van der Waals surface area (Å²) < 4.78 is 0. The van der Waals surface area contributed by atoms with Gasteiger partial charge in [0.05, 0.1) is 5.92 Å². The minimum absolute atomic E-state index is 0.0541. The van der Waals surface area contributed by atoms with Crippen molar-refractivity contribution in [3.8, 4) is 0 Å². The maximum atomic E-state index is 11.0. The average Bonchev–Trinajstić information content (AvgIpc) is 2.35. The van der Waals surface area contributed by atoms with Crippen molar-refractivity contribution in [1.29, 1.82) is 0 Å². The molecule has 0 bridgehead atoms. The lowest BCUT2D eigenvalue weighted by Gasteiger charge is -2.15. The summed E-state index contributed by atoms with van der Waals surface area (Å²) in [5, 5.41) is 21.5. The molecule has 0 saturated heterocycles. The average molecular weight is 250 g/mol. The molecule has 1 aromatic rings. The van der Waals surface area contributed by atoms with E-state index in [1.807, 2.05) is 0 Å². The topological polar surface area (TPSA) is 148 Å². The van der Waals surface area contributed by atoms with E-state index in [1.165, 1.54) is 12.1 Å². The molecular weight excluding hydrogens is 235 g/mol. The van der Waals surface area contributed by atoms with Gasteiger partial charge in [0, 0.05) is 6.42 Å². The molecule has 0 radical (unpaired) electrons. The van der Waals surface area contributed by atoms with Crippen molar-refractivity contribution in [2.24, 2.45) is 22.4 Å². The first kappa shape index (κ1) is 14.0. The third-order valence-corrected chi connectivity index (χ3v) is 2.52. The molecule has 8 heteroatoms. The Morgan fingerprint density at radius 3 is 2.56 bits per heavy atom. The summed E-state index contributed by atoms with van der Waals surface area (Å²) in [7, 11) is -1.60. The Balaban J connectivity index is 3.12. The lowest BCUT2D eigenvalue weighted by atomic mass is 9.78. The summed E-state index contributed by atoms with van der Waals surface area (Å²) in [5.74, 6) is 4.02. The zero-order chi connectivity index (χ0) is 13.7. The van der Waals surface area contributed by atoms with Gasteiger partial charge in [-0.05, 0) is 11.0 Å². The number of hydrogen-bond donors (Lipinski definition) is 5. The number of benzene rings is 1. The van der Waals surface area contributed by atoms with Crippen molar-refractivity contribution < 1.29 is 14.8 Å². The lowest BCUT2D eigenvalue weighted by molar-refractivity contribution is -0.118. The normalized spacial score (nSPS) is 13.1. The van der Waals surface area contributed by atoms with Crippen LogP contribution in [0.25, 0.3) is 0 Å². The van der Waals surface area contributed by atoms with Crippen molar-refractivity contribution in [3.63, 3.8) is 0 Å². The molecule has 0 fully saturated rings. The highest BCUT2D eigenvalue weighted by Gasteiger charge is 2.20. The van der Waals surface area contributed by atoms with Crippen molar-refractivity contribution in [2.45, 2.75) is 12.3 Å². The molecule has 1 unspecified atom stereocenters. The molecule has 0 aliphatic carbocycles. The maximum absolute atomic E-state index is 11.0. The van der Waals surface area contributed by atoms with Gasteiger partial charge in [-0.1, -0.05) is 24.3 Å². The van der Waals surface area contributed by atoms with Crippen LogP contribution >= 0.6 is 0 Å². The van der Waals surface area contributed by atoms with Crippen LogP contribution in [-0.2, 0) is 4.79 Å². The van der Waals surface area contributed by atoms with Crippen LogP contribution < -0.4 is 22.8 Å². The predicted molar refractivity (Wildman–Crippen MR) is 68.6 cm³/mol. The molecule has 1 amide bonds. The third-order valence-electron chi connectivity index (χ3n) is 2.52. The Kier molecular flexibility index (Phi) is 4.70. The molecule has 96 valence electrons. The number of rotatable bonds is 5. The van der Waals surface area contributed by atoms with E-state index in [2.05, 4.69) is 5.10 Å². The number of nitrogens with two attached hydrogens (primary N) is 3. The highest BCUT2D eigenvalue weighted by molar-refractivity contribution is 6.58. The molecule has 0 saturated carbocycles. The number of nitrogens with zero attached hydrogens (tertiary/aromatic N) is 1. The van der Waals surface area contributed by atoms with Crippen LogP contribution in [0.15, 0.2) is 29.4 Å². The van der Waals surface area contributed by atoms with Crippen LogP contribution in [-0.4, -0.2) is 28.9 Å². The number of amides is 1. The summed E-state index contributed by atoms with van der Waals surface area (Å²) in [6, 6.07) is 6.33. The van der Waals surface area contributed by atoms with Gasteiger partial charge in [0.2, 0.25) is 5.91 Å². The zero-order valence-electron chi connectivity index (χ0n) is 9.65. The Labute approximate surface area is 104 Å². The van der Waals surface area contributed by atoms with E-state index in [4.69, 9.17) is 27.4 Å². The molecular formula is C10H15BN4O3. The number of carbonyl (C=O) groups excluding carboxylic acids is 1. The minimum atomic E-state index is -1.60. The molecule has 0 heterocycles. The Morgan fingerprint density at radius 2 is 2.06 bits per heavy atom. The van der Waals surface area contributed by atoms with Crippen LogP contribution in [0.5, 0.6) is 0 Å². The Hall–Kier alpha value is -2.06. The van der Waals surface area contributed by atoms with Gasteiger partial charge in [0.1, 0.15) is 5.84 Å². The molecule has 1 atom stereocenters. The van der Waals surface area contributed by atoms with Crippen LogP contribution in [0.3, 0.4) is 0 Å². The molecule has 0 aliphatic rings. The van der Waals surface area contributed by atoms with Gasteiger partial charge >= 0.3 is 7.12 Å². The SMILES string of the molecule is N/N=C(\N)C(CC(N)=O)c1cccc(B(O)O)c1. The largest absolute Gasteiger partial charge is 0.488 e. The van der Waals surface area contributed by atoms with Crippen molar-refractivity contribution >= 4 is 24.3 Å². The second kappa shape index (κ2) is 6.03. The molecule has 0 spiro atoms. The van der Waals surface area contributed by atoms with Gasteiger partial charge in [-0.15, -0.1) is 0 Å². The van der Waals surface area contributed by atoms with Crippen LogP contribution in [0, 0.1) is 0 Å². The number of amidine groups is 1. The standard InChI is InChI=1S/C10H15BN4O3/c12-9(16)5-8(10(13)15-14)6-2-1-3-7(4-6)11(17)18/h1-4,8,17-18H,5,14H2,(H2,12,16)(H2,13,15). The summed E-state index contributed by atoms with van der Waals surface area (Å²) >= 11 is 0. The van der Waals surface area contributed by atoms with Gasteiger partial charge in [-0.25, -0.2) is 0 Å². The van der Waals surface area contributed by atoms with Crippen molar-refractivity contribution in [2.75, 3.05) is 0 Å². The quantitative estimate of drug-likeness (QED) is 0.129. The Morgan fingerprint density at radius 1 is 1.39 bits per heavy atom. The lowest BCUT2D eigenvalue weighted by Crippen LogP contribution is -2.32. The van der Waals surface area contributed by atoms with Crippen LogP contribution in [0.1, 0.15) is 17.9 Å². The number of carbonyl (C=O) groups is 1. The molecule has 1 rings (SSSR count). The molecule has 0 aromatic heterocycles. The van der Waals surface area contributed by atoms with Gasteiger partial charge in [0.25, 0.3) is 0 Å². The van der Waals surface area contributed by atoms with Gasteiger partial charge in [0.15, 0.2) is 0 Å².